The van der Waals surface area contributed by atoms with Crippen molar-refractivity contribution in [1.29, 1.82) is 0 Å². The van der Waals surface area contributed by atoms with Crippen molar-refractivity contribution in [2.75, 3.05) is 40.9 Å². The van der Waals surface area contributed by atoms with E-state index in [4.69, 9.17) is 9.05 Å². The van der Waals surface area contributed by atoms with E-state index in [2.05, 4.69) is 43.5 Å². The largest absolute Gasteiger partial charge is 0.756 e. The minimum atomic E-state index is -4.58. The molecular formula is C69H137N2O6P. The number of hydrogen-bond donors (Lipinski definition) is 2. The van der Waals surface area contributed by atoms with Crippen LogP contribution in [-0.4, -0.2) is 68.5 Å². The van der Waals surface area contributed by atoms with Crippen molar-refractivity contribution >= 4 is 13.7 Å². The fourth-order valence-corrected chi connectivity index (χ4v) is 11.5. The summed E-state index contributed by atoms with van der Waals surface area (Å²) in [5, 5.41) is 14.1. The lowest BCUT2D eigenvalue weighted by atomic mass is 10.0. The zero-order valence-corrected chi connectivity index (χ0v) is 54.0. The molecule has 0 bridgehead atoms. The zero-order valence-electron chi connectivity index (χ0n) is 53.2. The summed E-state index contributed by atoms with van der Waals surface area (Å²) in [5.74, 6) is -0.158. The number of allylic oxidation sites excluding steroid dienone is 4. The Balaban J connectivity index is 4.02. The number of carbonyl (C=O) groups excluding carboxylic acids is 1. The average molecular weight is 1120 g/mol. The van der Waals surface area contributed by atoms with Gasteiger partial charge < -0.3 is 28.8 Å². The molecule has 2 N–H and O–H groups in total. The van der Waals surface area contributed by atoms with E-state index >= 15 is 0 Å². The number of aliphatic hydroxyl groups excluding tert-OH is 1. The minimum absolute atomic E-state index is 0.0144. The Morgan fingerprint density at radius 2 is 0.744 bits per heavy atom. The molecule has 0 aliphatic rings. The van der Waals surface area contributed by atoms with Gasteiger partial charge in [-0.3, -0.25) is 9.36 Å². The third-order valence-corrected chi connectivity index (χ3v) is 17.2. The van der Waals surface area contributed by atoms with Gasteiger partial charge in [0.25, 0.3) is 7.82 Å². The van der Waals surface area contributed by atoms with Crippen molar-refractivity contribution < 1.29 is 32.9 Å². The number of nitrogens with zero attached hydrogens (tertiary/aromatic N) is 1. The van der Waals surface area contributed by atoms with Gasteiger partial charge in [-0.05, 0) is 44.9 Å². The van der Waals surface area contributed by atoms with Gasteiger partial charge in [0.2, 0.25) is 5.91 Å². The number of aliphatic hydroxyl groups is 1. The molecule has 0 aromatic carbocycles. The van der Waals surface area contributed by atoms with Crippen molar-refractivity contribution in [2.45, 2.75) is 373 Å². The van der Waals surface area contributed by atoms with Crippen LogP contribution in [0, 0.1) is 0 Å². The number of likely N-dealkylation sites (N-methyl/N-ethyl adjacent to an activating group) is 1. The molecular weight excluding hydrogens is 984 g/mol. The lowest BCUT2D eigenvalue weighted by Gasteiger charge is -2.30. The number of hydrogen-bond acceptors (Lipinski definition) is 6. The first kappa shape index (κ1) is 77.0. The smallest absolute Gasteiger partial charge is 0.268 e. The Kier molecular flexibility index (Phi) is 59.8. The van der Waals surface area contributed by atoms with Crippen molar-refractivity contribution in [3.05, 3.63) is 24.3 Å². The molecule has 3 unspecified atom stereocenters. The SMILES string of the molecule is CCCCCCC/C=C\C/C=C\CCCCCCCCCCCCCCCCCC(=O)NC(COP(=O)([O-])OCC[N+](C)(C)C)C(O)CCCCCCCCCCCCCCCCCCCCCCCCCCCCCCC. The normalized spacial score (nSPS) is 13.8. The number of unbranched alkanes of at least 4 members (excludes halogenated alkanes) is 48. The minimum Gasteiger partial charge on any atom is -0.756 e. The van der Waals surface area contributed by atoms with Crippen LogP contribution in [0.2, 0.25) is 0 Å². The van der Waals surface area contributed by atoms with Crippen LogP contribution in [0.25, 0.3) is 0 Å². The predicted octanol–water partition coefficient (Wildman–Crippen LogP) is 21.3. The lowest BCUT2D eigenvalue weighted by Crippen LogP contribution is -2.46. The average Bonchev–Trinajstić information content (AvgIpc) is 3.41. The molecule has 8 nitrogen and oxygen atoms in total. The van der Waals surface area contributed by atoms with Gasteiger partial charge in [0, 0.05) is 6.42 Å². The van der Waals surface area contributed by atoms with E-state index in [1.807, 2.05) is 21.1 Å². The number of quaternary nitrogens is 1. The highest BCUT2D eigenvalue weighted by atomic mass is 31.2. The van der Waals surface area contributed by atoms with Crippen LogP contribution in [0.4, 0.5) is 0 Å². The molecule has 0 aliphatic heterocycles. The molecule has 0 aromatic rings. The maximum Gasteiger partial charge on any atom is 0.268 e. The number of nitrogens with one attached hydrogen (secondary N) is 1. The Labute approximate surface area is 487 Å². The number of amides is 1. The second-order valence-corrected chi connectivity index (χ2v) is 26.7. The Bertz CT molecular complexity index is 1320. The summed E-state index contributed by atoms with van der Waals surface area (Å²) in [6, 6.07) is -0.801. The van der Waals surface area contributed by atoms with Crippen molar-refractivity contribution in [1.82, 2.24) is 5.32 Å². The molecule has 0 spiro atoms. The maximum atomic E-state index is 13.1. The van der Waals surface area contributed by atoms with E-state index in [1.165, 1.54) is 289 Å². The number of phosphoric ester groups is 1. The van der Waals surface area contributed by atoms with Crippen LogP contribution < -0.4 is 10.2 Å². The Morgan fingerprint density at radius 1 is 0.449 bits per heavy atom. The van der Waals surface area contributed by atoms with E-state index in [0.717, 1.165) is 44.9 Å². The summed E-state index contributed by atoms with van der Waals surface area (Å²) in [6.07, 6.45) is 78.2. The Hall–Kier alpha value is -1.02. The molecule has 9 heteroatoms. The monoisotopic (exact) mass is 1120 g/mol. The van der Waals surface area contributed by atoms with Crippen molar-refractivity contribution in [2.24, 2.45) is 0 Å². The highest BCUT2D eigenvalue weighted by Gasteiger charge is 2.24. The molecule has 0 heterocycles. The van der Waals surface area contributed by atoms with Crippen LogP contribution in [-0.2, 0) is 18.4 Å². The van der Waals surface area contributed by atoms with Gasteiger partial charge in [-0.1, -0.05) is 334 Å². The zero-order chi connectivity index (χ0) is 57.0. The maximum absolute atomic E-state index is 13.1. The van der Waals surface area contributed by atoms with Gasteiger partial charge in [-0.15, -0.1) is 0 Å². The molecule has 3 atom stereocenters. The first-order chi connectivity index (χ1) is 38.0. The predicted molar refractivity (Wildman–Crippen MR) is 339 cm³/mol. The van der Waals surface area contributed by atoms with Crippen molar-refractivity contribution in [3.63, 3.8) is 0 Å². The molecule has 0 fully saturated rings. The molecule has 78 heavy (non-hydrogen) atoms. The highest BCUT2D eigenvalue weighted by molar-refractivity contribution is 7.45. The summed E-state index contributed by atoms with van der Waals surface area (Å²) in [6.45, 7) is 4.77. The summed E-state index contributed by atoms with van der Waals surface area (Å²) in [5.41, 5.74) is 0. The van der Waals surface area contributed by atoms with Crippen LogP contribution in [0.5, 0.6) is 0 Å². The first-order valence-electron chi connectivity index (χ1n) is 34.7. The molecule has 0 radical (unpaired) electrons. The highest BCUT2D eigenvalue weighted by Crippen LogP contribution is 2.38. The third kappa shape index (κ3) is 62.6. The molecule has 0 rings (SSSR count). The van der Waals surface area contributed by atoms with E-state index in [9.17, 15) is 19.4 Å². The summed E-state index contributed by atoms with van der Waals surface area (Å²) in [4.78, 5) is 25.7. The van der Waals surface area contributed by atoms with Crippen molar-refractivity contribution in [3.8, 4) is 0 Å². The van der Waals surface area contributed by atoms with E-state index < -0.39 is 20.0 Å². The molecule has 0 saturated carbocycles. The molecule has 464 valence electrons. The van der Waals surface area contributed by atoms with E-state index in [1.54, 1.807) is 0 Å². The number of phosphoric acid groups is 1. The second kappa shape index (κ2) is 60.6. The summed E-state index contributed by atoms with van der Waals surface area (Å²) < 4.78 is 23.5. The molecule has 0 aliphatic carbocycles. The topological polar surface area (TPSA) is 108 Å². The van der Waals surface area contributed by atoms with Crippen LogP contribution >= 0.6 is 7.82 Å². The first-order valence-corrected chi connectivity index (χ1v) is 36.1. The molecule has 1 amide bonds. The van der Waals surface area contributed by atoms with Gasteiger partial charge in [0.05, 0.1) is 39.9 Å². The van der Waals surface area contributed by atoms with E-state index in [-0.39, 0.29) is 19.1 Å². The standard InChI is InChI=1S/C69H137N2O6P/c1-6-8-10-12-14-16-18-20-22-24-26-28-30-32-34-35-37-38-40-42-44-46-48-50-52-54-56-58-60-62-68(72)67(66-77-78(74,75)76-65-64-71(3,4)5)70-69(73)63-61-59-57-55-53-51-49-47-45-43-41-39-36-33-31-29-27-25-23-21-19-17-15-13-11-9-7-2/h19,21,25,27,67-68,72H,6-18,20,22-24,26,28-66H2,1-5H3,(H-,70,73,74,75)/b21-19-,27-25-. The number of rotatable bonds is 65. The van der Waals surface area contributed by atoms with Gasteiger partial charge in [0.1, 0.15) is 13.2 Å². The van der Waals surface area contributed by atoms with Crippen LogP contribution in [0.3, 0.4) is 0 Å². The third-order valence-electron chi connectivity index (χ3n) is 16.2. The lowest BCUT2D eigenvalue weighted by molar-refractivity contribution is -0.870. The quantitative estimate of drug-likeness (QED) is 0.0272. The molecule has 0 aromatic heterocycles. The van der Waals surface area contributed by atoms with Gasteiger partial charge in [-0.2, -0.15) is 0 Å². The molecule has 0 saturated heterocycles. The fourth-order valence-electron chi connectivity index (χ4n) is 10.8. The van der Waals surface area contributed by atoms with Crippen LogP contribution in [0.15, 0.2) is 24.3 Å². The summed E-state index contributed by atoms with van der Waals surface area (Å²) in [7, 11) is 1.32. The van der Waals surface area contributed by atoms with E-state index in [0.29, 0.717) is 23.9 Å². The van der Waals surface area contributed by atoms with Crippen LogP contribution in [0.1, 0.15) is 361 Å². The second-order valence-electron chi connectivity index (χ2n) is 25.2. The van der Waals surface area contributed by atoms with Gasteiger partial charge in [0.15, 0.2) is 0 Å². The Morgan fingerprint density at radius 3 is 1.06 bits per heavy atom. The van der Waals surface area contributed by atoms with Gasteiger partial charge in [-0.25, -0.2) is 0 Å². The van der Waals surface area contributed by atoms with Gasteiger partial charge >= 0.3 is 0 Å². The number of carbonyl (C=O) groups is 1. The summed E-state index contributed by atoms with van der Waals surface area (Å²) >= 11 is 0. The fraction of sp³-hybridized carbons (Fsp3) is 0.928.